The van der Waals surface area contributed by atoms with Crippen molar-refractivity contribution in [1.82, 2.24) is 4.90 Å². The molecule has 26 heavy (non-hydrogen) atoms. The van der Waals surface area contributed by atoms with Crippen LogP contribution < -0.4 is 5.32 Å². The Hall–Kier alpha value is -2.53. The average molecular weight is 356 g/mol. The molecule has 5 heteroatoms. The second-order valence-corrected chi connectivity index (χ2v) is 6.75. The first-order valence-corrected chi connectivity index (χ1v) is 8.67. The van der Waals surface area contributed by atoms with Crippen LogP contribution in [0.1, 0.15) is 35.2 Å². The van der Waals surface area contributed by atoms with E-state index in [2.05, 4.69) is 30.4 Å². The van der Waals surface area contributed by atoms with Crippen LogP contribution in [0.3, 0.4) is 0 Å². The van der Waals surface area contributed by atoms with E-state index in [4.69, 9.17) is 0 Å². The molecule has 0 heterocycles. The summed E-state index contributed by atoms with van der Waals surface area (Å²) >= 11 is 0. The van der Waals surface area contributed by atoms with Crippen molar-refractivity contribution < 1.29 is 13.6 Å². The molecule has 0 spiro atoms. The zero-order valence-corrected chi connectivity index (χ0v) is 14.9. The molecule has 3 rings (SSSR count). The predicted molar refractivity (Wildman–Crippen MR) is 100 cm³/mol. The summed E-state index contributed by atoms with van der Waals surface area (Å²) in [7, 11) is 4.10. The molecule has 1 unspecified atom stereocenters. The van der Waals surface area contributed by atoms with Crippen LogP contribution in [0.5, 0.6) is 0 Å². The molecule has 0 saturated carbocycles. The van der Waals surface area contributed by atoms with Gasteiger partial charge in [0.15, 0.2) is 5.82 Å². The smallest absolute Gasteiger partial charge is 0.255 e. The number of carbonyl (C=O) groups excluding carboxylic acids is 1. The topological polar surface area (TPSA) is 32.3 Å². The molecular formula is C21H22F2N2O. The molecule has 136 valence electrons. The first-order chi connectivity index (χ1) is 12.5. The number of anilines is 1. The summed E-state index contributed by atoms with van der Waals surface area (Å²) in [5, 5.41) is 2.58. The molecule has 0 aliphatic heterocycles. The number of allylic oxidation sites excluding steroid dienone is 1. The van der Waals surface area contributed by atoms with Crippen LogP contribution in [0.4, 0.5) is 14.5 Å². The van der Waals surface area contributed by atoms with E-state index < -0.39 is 17.5 Å². The highest BCUT2D eigenvalue weighted by atomic mass is 19.1. The minimum Gasteiger partial charge on any atom is -0.319 e. The summed E-state index contributed by atoms with van der Waals surface area (Å²) in [4.78, 5) is 14.4. The number of halogens is 2. The molecule has 0 fully saturated rings. The maximum Gasteiger partial charge on any atom is 0.255 e. The maximum absolute atomic E-state index is 14.9. The standard InChI is InChI=1S/C21H22F2N2O/c1-25(2)17-12-8-14(9-13-17)18-4-3-5-19(20(18)23)24-21(26)15-6-10-16(22)11-7-15/h3-8,10-11,17H,9,12-13H2,1-2H3,(H,24,26). The van der Waals surface area contributed by atoms with Gasteiger partial charge in [0, 0.05) is 17.2 Å². The van der Waals surface area contributed by atoms with Crippen LogP contribution in [-0.4, -0.2) is 30.9 Å². The molecule has 1 atom stereocenters. The Morgan fingerprint density at radius 3 is 2.46 bits per heavy atom. The van der Waals surface area contributed by atoms with Crippen LogP contribution in [-0.2, 0) is 0 Å². The third-order valence-electron chi connectivity index (χ3n) is 4.81. The van der Waals surface area contributed by atoms with Crippen molar-refractivity contribution in [2.45, 2.75) is 25.3 Å². The highest BCUT2D eigenvalue weighted by Gasteiger charge is 2.20. The molecule has 0 radical (unpaired) electrons. The molecule has 1 aliphatic rings. The molecule has 1 amide bonds. The molecule has 1 aliphatic carbocycles. The molecule has 0 aromatic heterocycles. The van der Waals surface area contributed by atoms with Gasteiger partial charge in [-0.25, -0.2) is 8.78 Å². The average Bonchev–Trinajstić information content (AvgIpc) is 2.64. The Bertz CT molecular complexity index is 828. The van der Waals surface area contributed by atoms with Crippen LogP contribution in [0.2, 0.25) is 0 Å². The van der Waals surface area contributed by atoms with E-state index in [0.29, 0.717) is 11.6 Å². The molecule has 0 saturated heterocycles. The van der Waals surface area contributed by atoms with Gasteiger partial charge in [-0.05, 0) is 69.3 Å². The van der Waals surface area contributed by atoms with Crippen LogP contribution in [0.15, 0.2) is 48.5 Å². The molecule has 3 nitrogen and oxygen atoms in total. The van der Waals surface area contributed by atoms with Gasteiger partial charge in [-0.2, -0.15) is 0 Å². The van der Waals surface area contributed by atoms with E-state index in [0.717, 1.165) is 24.8 Å². The van der Waals surface area contributed by atoms with Crippen molar-refractivity contribution in [3.8, 4) is 0 Å². The number of rotatable bonds is 4. The quantitative estimate of drug-likeness (QED) is 0.860. The van der Waals surface area contributed by atoms with E-state index in [1.54, 1.807) is 12.1 Å². The number of benzene rings is 2. The SMILES string of the molecule is CN(C)C1CC=C(c2cccc(NC(=O)c3ccc(F)cc3)c2F)CC1. The number of nitrogens with zero attached hydrogens (tertiary/aromatic N) is 1. The van der Waals surface area contributed by atoms with E-state index in [1.165, 1.54) is 30.3 Å². The van der Waals surface area contributed by atoms with Gasteiger partial charge in [0.1, 0.15) is 5.82 Å². The lowest BCUT2D eigenvalue weighted by molar-refractivity contribution is 0.102. The van der Waals surface area contributed by atoms with Crippen molar-refractivity contribution in [2.75, 3.05) is 19.4 Å². The maximum atomic E-state index is 14.9. The van der Waals surface area contributed by atoms with Gasteiger partial charge in [0.2, 0.25) is 0 Å². The minimum absolute atomic E-state index is 0.132. The Balaban J connectivity index is 1.79. The highest BCUT2D eigenvalue weighted by molar-refractivity contribution is 6.04. The first-order valence-electron chi connectivity index (χ1n) is 8.67. The third-order valence-corrected chi connectivity index (χ3v) is 4.81. The monoisotopic (exact) mass is 356 g/mol. The lowest BCUT2D eigenvalue weighted by Crippen LogP contribution is -2.29. The number of carbonyl (C=O) groups is 1. The number of amides is 1. The second-order valence-electron chi connectivity index (χ2n) is 6.75. The number of nitrogens with one attached hydrogen (secondary N) is 1. The van der Waals surface area contributed by atoms with E-state index in [1.807, 2.05) is 0 Å². The molecule has 2 aromatic rings. The van der Waals surface area contributed by atoms with Gasteiger partial charge < -0.3 is 10.2 Å². The van der Waals surface area contributed by atoms with Gasteiger partial charge in [-0.1, -0.05) is 18.2 Å². The minimum atomic E-state index is -0.466. The zero-order valence-electron chi connectivity index (χ0n) is 14.9. The number of hydrogen-bond acceptors (Lipinski definition) is 2. The van der Waals surface area contributed by atoms with Crippen LogP contribution in [0, 0.1) is 11.6 Å². The van der Waals surface area contributed by atoms with Gasteiger partial charge in [0.05, 0.1) is 5.69 Å². The summed E-state index contributed by atoms with van der Waals surface area (Å²) < 4.78 is 27.9. The van der Waals surface area contributed by atoms with Crippen LogP contribution >= 0.6 is 0 Å². The van der Waals surface area contributed by atoms with Crippen molar-refractivity contribution in [3.05, 3.63) is 71.3 Å². The lowest BCUT2D eigenvalue weighted by Gasteiger charge is -2.28. The van der Waals surface area contributed by atoms with Gasteiger partial charge in [0.25, 0.3) is 5.91 Å². The summed E-state index contributed by atoms with van der Waals surface area (Å²) in [6.07, 6.45) is 4.74. The fraction of sp³-hybridized carbons (Fsp3) is 0.286. The van der Waals surface area contributed by atoms with E-state index >= 15 is 0 Å². The Kier molecular flexibility index (Phi) is 5.47. The van der Waals surface area contributed by atoms with Gasteiger partial charge in [-0.15, -0.1) is 0 Å². The Labute approximate surface area is 152 Å². The Morgan fingerprint density at radius 1 is 1.12 bits per heavy atom. The summed E-state index contributed by atoms with van der Waals surface area (Å²) in [5.41, 5.74) is 1.91. The third kappa shape index (κ3) is 3.99. The van der Waals surface area contributed by atoms with Crippen LogP contribution in [0.25, 0.3) is 5.57 Å². The number of hydrogen-bond donors (Lipinski definition) is 1. The predicted octanol–water partition coefficient (Wildman–Crippen LogP) is 4.71. The Morgan fingerprint density at radius 2 is 1.85 bits per heavy atom. The summed E-state index contributed by atoms with van der Waals surface area (Å²) in [6, 6.07) is 10.6. The van der Waals surface area contributed by atoms with Crippen molar-refractivity contribution >= 4 is 17.2 Å². The van der Waals surface area contributed by atoms with Gasteiger partial charge in [-0.3, -0.25) is 4.79 Å². The molecular weight excluding hydrogens is 334 g/mol. The largest absolute Gasteiger partial charge is 0.319 e. The fourth-order valence-electron chi connectivity index (χ4n) is 3.21. The lowest BCUT2D eigenvalue weighted by atomic mass is 9.90. The second kappa shape index (κ2) is 7.79. The van der Waals surface area contributed by atoms with Crippen molar-refractivity contribution in [3.63, 3.8) is 0 Å². The summed E-state index contributed by atoms with van der Waals surface area (Å²) in [5.74, 6) is -1.32. The van der Waals surface area contributed by atoms with E-state index in [9.17, 15) is 13.6 Å². The van der Waals surface area contributed by atoms with E-state index in [-0.39, 0.29) is 11.3 Å². The summed E-state index contributed by atoms with van der Waals surface area (Å²) in [6.45, 7) is 0. The molecule has 1 N–H and O–H groups in total. The normalized spacial score (nSPS) is 17.1. The first kappa shape index (κ1) is 18.3. The fourth-order valence-corrected chi connectivity index (χ4v) is 3.21. The molecule has 2 aromatic carbocycles. The van der Waals surface area contributed by atoms with Gasteiger partial charge >= 0.3 is 0 Å². The van der Waals surface area contributed by atoms with Crippen molar-refractivity contribution in [2.24, 2.45) is 0 Å². The zero-order chi connectivity index (χ0) is 18.7. The van der Waals surface area contributed by atoms with Crippen molar-refractivity contribution in [1.29, 1.82) is 0 Å². The molecule has 0 bridgehead atoms. The highest BCUT2D eigenvalue weighted by Crippen LogP contribution is 2.32.